The number of likely N-dealkylation sites (tertiary alicyclic amines) is 1. The molecule has 2 N–H and O–H groups in total. The second kappa shape index (κ2) is 16.6. The number of phosphoric acid groups is 1. The van der Waals surface area contributed by atoms with Gasteiger partial charge in [0.25, 0.3) is 0 Å². The molecule has 0 radical (unpaired) electrons. The number of amides is 1. The molecule has 3 aliphatic rings. The fourth-order valence-electron chi connectivity index (χ4n) is 8.28. The molecule has 2 aromatic rings. The van der Waals surface area contributed by atoms with Crippen LogP contribution >= 0.6 is 7.82 Å². The van der Waals surface area contributed by atoms with Gasteiger partial charge in [-0.15, -0.1) is 0 Å². The first-order chi connectivity index (χ1) is 23.4. The number of allylic oxidation sites excluding steroid dienone is 3. The number of hydrogen-bond acceptors (Lipinski definition) is 5. The second-order valence-electron chi connectivity index (χ2n) is 15.5. The second-order valence-corrected chi connectivity index (χ2v) is 16.9. The SMILES string of the molecule is C=C(c1ccccc1)C12CCC(O)C1CC(CCCCCCCC(=O)N1CC[C@@H](COP(=O)(O)OCC[N+](C)(C)C)C1)=C2c1ccccc1. The van der Waals surface area contributed by atoms with Crippen LogP contribution in [0.1, 0.15) is 81.8 Å². The first-order valence-electron chi connectivity index (χ1n) is 18.3. The van der Waals surface area contributed by atoms with Crippen LogP contribution in [-0.4, -0.2) is 85.4 Å². The van der Waals surface area contributed by atoms with Crippen LogP contribution in [0.5, 0.6) is 0 Å². The Morgan fingerprint density at radius 3 is 2.37 bits per heavy atom. The average molecular weight is 694 g/mol. The molecule has 0 bridgehead atoms. The molecule has 1 saturated heterocycles. The fourth-order valence-corrected chi connectivity index (χ4v) is 9.06. The Hall–Kier alpha value is -2.58. The number of phosphoric ester groups is 1. The van der Waals surface area contributed by atoms with E-state index in [0.717, 1.165) is 75.3 Å². The molecule has 4 unspecified atom stereocenters. The number of aliphatic hydroxyl groups excluding tert-OH is 1. The molecule has 2 fully saturated rings. The van der Waals surface area contributed by atoms with E-state index in [4.69, 9.17) is 9.05 Å². The van der Waals surface area contributed by atoms with Crippen LogP contribution in [0.3, 0.4) is 0 Å². The molecule has 0 aromatic heterocycles. The largest absolute Gasteiger partial charge is 0.472 e. The maximum Gasteiger partial charge on any atom is 0.472 e. The molecule has 49 heavy (non-hydrogen) atoms. The Balaban J connectivity index is 1.07. The zero-order chi connectivity index (χ0) is 35.1. The van der Waals surface area contributed by atoms with Crippen LogP contribution < -0.4 is 0 Å². The minimum absolute atomic E-state index is 0.0433. The summed E-state index contributed by atoms with van der Waals surface area (Å²) in [7, 11) is 1.88. The fraction of sp³-hybridized carbons (Fsp3) is 0.575. The molecule has 5 atom stereocenters. The number of aliphatic hydroxyl groups is 1. The molecular formula is C40H58N2O6P+. The number of nitrogens with zero attached hydrogens (tertiary/aromatic N) is 2. The van der Waals surface area contributed by atoms with Crippen molar-refractivity contribution in [2.45, 2.75) is 76.7 Å². The van der Waals surface area contributed by atoms with Crippen molar-refractivity contribution in [3.63, 3.8) is 0 Å². The maximum atomic E-state index is 12.9. The summed E-state index contributed by atoms with van der Waals surface area (Å²) < 4.78 is 23.2. The minimum Gasteiger partial charge on any atom is -0.393 e. The Labute approximate surface area is 294 Å². The van der Waals surface area contributed by atoms with Gasteiger partial charge in [0.2, 0.25) is 5.91 Å². The van der Waals surface area contributed by atoms with Crippen LogP contribution in [0.15, 0.2) is 72.8 Å². The van der Waals surface area contributed by atoms with Gasteiger partial charge >= 0.3 is 7.82 Å². The number of unbranched alkanes of at least 4 members (excludes halogenated alkanes) is 4. The van der Waals surface area contributed by atoms with Crippen LogP contribution in [0.4, 0.5) is 0 Å². The molecule has 9 heteroatoms. The molecule has 5 rings (SSSR count). The maximum absolute atomic E-state index is 12.9. The van der Waals surface area contributed by atoms with Gasteiger partial charge in [0, 0.05) is 36.8 Å². The van der Waals surface area contributed by atoms with Crippen LogP contribution in [-0.2, 0) is 18.4 Å². The molecule has 8 nitrogen and oxygen atoms in total. The quantitative estimate of drug-likeness (QED) is 0.0943. The van der Waals surface area contributed by atoms with Gasteiger partial charge < -0.3 is 19.4 Å². The van der Waals surface area contributed by atoms with Crippen molar-refractivity contribution in [3.05, 3.63) is 83.9 Å². The van der Waals surface area contributed by atoms with Crippen molar-refractivity contribution in [2.24, 2.45) is 17.3 Å². The highest BCUT2D eigenvalue weighted by Gasteiger charge is 2.56. The molecular weight excluding hydrogens is 635 g/mol. The first kappa shape index (κ1) is 37.7. The number of benzene rings is 2. The molecule has 0 spiro atoms. The molecule has 1 saturated carbocycles. The van der Waals surface area contributed by atoms with Crippen LogP contribution in [0.2, 0.25) is 0 Å². The van der Waals surface area contributed by atoms with Gasteiger partial charge in [0.05, 0.1) is 33.9 Å². The highest BCUT2D eigenvalue weighted by Crippen LogP contribution is 2.66. The highest BCUT2D eigenvalue weighted by molar-refractivity contribution is 7.47. The normalized spacial score (nSPS) is 25.1. The van der Waals surface area contributed by atoms with Crippen molar-refractivity contribution in [3.8, 4) is 0 Å². The predicted octanol–water partition coefficient (Wildman–Crippen LogP) is 7.73. The van der Waals surface area contributed by atoms with E-state index in [1.54, 1.807) is 0 Å². The summed E-state index contributed by atoms with van der Waals surface area (Å²) in [5, 5.41) is 11.2. The van der Waals surface area contributed by atoms with Crippen molar-refractivity contribution < 1.29 is 32.9 Å². The summed E-state index contributed by atoms with van der Waals surface area (Å²) in [6.07, 6.45) is 9.85. The lowest BCUT2D eigenvalue weighted by Gasteiger charge is -2.37. The minimum atomic E-state index is -4.09. The highest BCUT2D eigenvalue weighted by atomic mass is 31.2. The third kappa shape index (κ3) is 9.61. The van der Waals surface area contributed by atoms with E-state index in [2.05, 4.69) is 61.2 Å². The van der Waals surface area contributed by atoms with Gasteiger partial charge in [-0.3, -0.25) is 13.8 Å². The molecule has 1 heterocycles. The van der Waals surface area contributed by atoms with E-state index in [0.29, 0.717) is 30.5 Å². The number of fused-ring (bicyclic) bond motifs is 1. The van der Waals surface area contributed by atoms with Gasteiger partial charge in [0.1, 0.15) is 13.2 Å². The number of carbonyl (C=O) groups excluding carboxylic acids is 1. The summed E-state index contributed by atoms with van der Waals surface area (Å²) in [5.74, 6) is 0.362. The van der Waals surface area contributed by atoms with Crippen molar-refractivity contribution >= 4 is 24.9 Å². The summed E-state index contributed by atoms with van der Waals surface area (Å²) >= 11 is 0. The Kier molecular flexibility index (Phi) is 12.8. The van der Waals surface area contributed by atoms with E-state index >= 15 is 0 Å². The topological polar surface area (TPSA) is 96.3 Å². The molecule has 1 amide bonds. The summed E-state index contributed by atoms with van der Waals surface area (Å²) in [5.41, 5.74) is 6.19. The Bertz CT molecular complexity index is 1490. The zero-order valence-electron chi connectivity index (χ0n) is 29.9. The molecule has 1 aliphatic heterocycles. The third-order valence-electron chi connectivity index (χ3n) is 10.9. The van der Waals surface area contributed by atoms with Gasteiger partial charge in [-0.25, -0.2) is 4.57 Å². The summed E-state index contributed by atoms with van der Waals surface area (Å²) in [4.78, 5) is 24.8. The van der Waals surface area contributed by atoms with Gasteiger partial charge in [-0.1, -0.05) is 92.1 Å². The third-order valence-corrected chi connectivity index (χ3v) is 11.9. The summed E-state index contributed by atoms with van der Waals surface area (Å²) in [6, 6.07) is 21.3. The average Bonchev–Trinajstić information content (AvgIpc) is 3.77. The van der Waals surface area contributed by atoms with Crippen molar-refractivity contribution in [1.82, 2.24) is 4.90 Å². The number of quaternary nitrogens is 1. The Morgan fingerprint density at radius 2 is 1.65 bits per heavy atom. The van der Waals surface area contributed by atoms with Crippen molar-refractivity contribution in [1.29, 1.82) is 0 Å². The Morgan fingerprint density at radius 1 is 0.980 bits per heavy atom. The zero-order valence-corrected chi connectivity index (χ0v) is 30.8. The molecule has 268 valence electrons. The van der Waals surface area contributed by atoms with Crippen LogP contribution in [0.25, 0.3) is 11.1 Å². The predicted molar refractivity (Wildman–Crippen MR) is 196 cm³/mol. The van der Waals surface area contributed by atoms with E-state index in [9.17, 15) is 19.4 Å². The van der Waals surface area contributed by atoms with Gasteiger partial charge in [-0.05, 0) is 67.2 Å². The number of likely N-dealkylation sites (N-methyl/N-ethyl adjacent to an activating group) is 1. The molecule has 2 aliphatic carbocycles. The van der Waals surface area contributed by atoms with Crippen molar-refractivity contribution in [2.75, 3.05) is 54.0 Å². The lowest BCUT2D eigenvalue weighted by Crippen LogP contribution is -2.37. The van der Waals surface area contributed by atoms with E-state index in [-0.39, 0.29) is 42.5 Å². The number of hydrogen-bond donors (Lipinski definition) is 2. The lowest BCUT2D eigenvalue weighted by atomic mass is 9.66. The standard InChI is InChI=1S/C40H57N2O6P/c1-31(33-16-11-8-12-17-33)40-24-22-37(43)36(40)28-35(39(40)34-18-13-9-14-19-34)20-10-6-5-7-15-21-38(44)41-25-23-32(29-41)30-48-49(45,46)47-27-26-42(2,3)4/h8-9,11-14,16-19,32,36-37,43H,1,5-7,10,15,20-30H2,2-4H3/p+1/t32-,36?,37?,40?/m1/s1. The van der Waals surface area contributed by atoms with E-state index < -0.39 is 7.82 Å². The number of rotatable bonds is 18. The van der Waals surface area contributed by atoms with E-state index in [1.807, 2.05) is 32.1 Å². The van der Waals surface area contributed by atoms with Gasteiger partial charge in [0.15, 0.2) is 0 Å². The van der Waals surface area contributed by atoms with Crippen LogP contribution in [0, 0.1) is 17.3 Å². The monoisotopic (exact) mass is 693 g/mol. The smallest absolute Gasteiger partial charge is 0.393 e. The lowest BCUT2D eigenvalue weighted by molar-refractivity contribution is -0.870. The number of carbonyl (C=O) groups is 1. The first-order valence-corrected chi connectivity index (χ1v) is 19.8. The van der Waals surface area contributed by atoms with E-state index in [1.165, 1.54) is 16.7 Å². The van der Waals surface area contributed by atoms with Gasteiger partial charge in [-0.2, -0.15) is 0 Å². The summed E-state index contributed by atoms with van der Waals surface area (Å²) in [6.45, 7) is 6.78. The molecule has 2 aromatic carbocycles.